The second-order valence-electron chi connectivity index (χ2n) is 16.8. The molecule has 0 spiro atoms. The van der Waals surface area contributed by atoms with Crippen molar-refractivity contribution >= 4 is 44.0 Å². The summed E-state index contributed by atoms with van der Waals surface area (Å²) in [7, 11) is 0. The highest BCUT2D eigenvalue weighted by molar-refractivity contribution is 6.15. The maximum atomic E-state index is 6.77. The lowest BCUT2D eigenvalue weighted by atomic mass is 9.94. The van der Waals surface area contributed by atoms with Gasteiger partial charge in [0.2, 0.25) is 0 Å². The van der Waals surface area contributed by atoms with Crippen LogP contribution in [0.5, 0.6) is 0 Å². The van der Waals surface area contributed by atoms with Crippen molar-refractivity contribution < 1.29 is 8.83 Å². The van der Waals surface area contributed by atoms with Crippen molar-refractivity contribution in [2.45, 2.75) is 0 Å². The molecule has 0 aliphatic heterocycles. The Morgan fingerprint density at radius 1 is 0.265 bits per heavy atom. The maximum absolute atomic E-state index is 6.77. The van der Waals surface area contributed by atoms with E-state index in [0.717, 1.165) is 105 Å². The standard InChI is InChI=1S/C61H37N5O2/c1-5-16-38(17-6-1)39-30-32-40(33-31-39)55-57-56(63-58(62-55)41-18-7-2-8-19-41)54-48(27-15-29-51(54)68-57)45-25-13-24-44(36-45)47-26-14-28-50-53(47)49-35-34-46(37-52(49)67-50)61-65-59(42-20-9-3-10-21-42)64-60(66-61)43-22-11-4-12-23-43/h1-37H. The van der Waals surface area contributed by atoms with Crippen LogP contribution in [0.25, 0.3) is 134 Å². The topological polar surface area (TPSA) is 90.7 Å². The number of furan rings is 2. The molecule has 0 bridgehead atoms. The molecule has 7 nitrogen and oxygen atoms in total. The molecule has 7 heteroatoms. The summed E-state index contributed by atoms with van der Waals surface area (Å²) in [6, 6.07) is 76.5. The lowest BCUT2D eigenvalue weighted by Gasteiger charge is -2.10. The Balaban J connectivity index is 0.923. The molecule has 0 amide bonds. The minimum Gasteiger partial charge on any atom is -0.456 e. The van der Waals surface area contributed by atoms with E-state index in [-0.39, 0.29) is 0 Å². The van der Waals surface area contributed by atoms with Crippen molar-refractivity contribution in [3.05, 3.63) is 224 Å². The Morgan fingerprint density at radius 3 is 1.29 bits per heavy atom. The Morgan fingerprint density at radius 2 is 0.706 bits per heavy atom. The quantitative estimate of drug-likeness (QED) is 0.150. The van der Waals surface area contributed by atoms with E-state index in [1.807, 2.05) is 121 Å². The van der Waals surface area contributed by atoms with Crippen LogP contribution in [0, 0.1) is 0 Å². The first-order chi connectivity index (χ1) is 33.7. The molecule has 0 aliphatic carbocycles. The molecule has 0 N–H and O–H groups in total. The summed E-state index contributed by atoms with van der Waals surface area (Å²) in [6.45, 7) is 0. The third kappa shape index (κ3) is 6.89. The average Bonchev–Trinajstić information content (AvgIpc) is 4.00. The number of aromatic nitrogens is 5. The Kier molecular flexibility index (Phi) is 9.35. The van der Waals surface area contributed by atoms with Crippen molar-refractivity contribution in [3.63, 3.8) is 0 Å². The zero-order valence-corrected chi connectivity index (χ0v) is 36.4. The van der Waals surface area contributed by atoms with E-state index in [2.05, 4.69) is 103 Å². The summed E-state index contributed by atoms with van der Waals surface area (Å²) in [5, 5.41) is 2.97. The van der Waals surface area contributed by atoms with Gasteiger partial charge < -0.3 is 8.83 Å². The minimum absolute atomic E-state index is 0.572. The zero-order valence-electron chi connectivity index (χ0n) is 36.4. The molecule has 0 unspecified atom stereocenters. The highest BCUT2D eigenvalue weighted by Gasteiger charge is 2.22. The van der Waals surface area contributed by atoms with E-state index in [1.54, 1.807) is 0 Å². The Bertz CT molecular complexity index is 3940. The van der Waals surface area contributed by atoms with Gasteiger partial charge in [-0.3, -0.25) is 0 Å². The fraction of sp³-hybridized carbons (Fsp3) is 0. The second-order valence-corrected chi connectivity index (χ2v) is 16.8. The van der Waals surface area contributed by atoms with Crippen molar-refractivity contribution in [2.24, 2.45) is 0 Å². The van der Waals surface area contributed by atoms with Crippen molar-refractivity contribution in [1.82, 2.24) is 24.9 Å². The molecule has 13 rings (SSSR count). The van der Waals surface area contributed by atoms with E-state index in [4.69, 9.17) is 33.8 Å². The normalized spacial score (nSPS) is 11.5. The van der Waals surface area contributed by atoms with E-state index in [0.29, 0.717) is 28.9 Å². The third-order valence-corrected chi connectivity index (χ3v) is 12.6. The van der Waals surface area contributed by atoms with Crippen LogP contribution in [0.2, 0.25) is 0 Å². The highest BCUT2D eigenvalue weighted by atomic mass is 16.3. The van der Waals surface area contributed by atoms with Crippen LogP contribution in [-0.4, -0.2) is 24.9 Å². The molecule has 318 valence electrons. The number of hydrogen-bond acceptors (Lipinski definition) is 7. The monoisotopic (exact) mass is 871 g/mol. The van der Waals surface area contributed by atoms with Gasteiger partial charge >= 0.3 is 0 Å². The SMILES string of the molecule is c1ccc(-c2ccc(-c3nc(-c4ccccc4)nc4c3oc3cccc(-c5cccc(-c6cccc7oc8cc(-c9nc(-c%10ccccc%10)nc(-c%10ccccc%10)n9)ccc8c67)c5)c34)cc2)cc1. The van der Waals surface area contributed by atoms with Gasteiger partial charge in [-0.2, -0.15) is 0 Å². The van der Waals surface area contributed by atoms with Gasteiger partial charge in [0.05, 0.1) is 5.39 Å². The molecule has 0 saturated carbocycles. The predicted octanol–water partition coefficient (Wildman–Crippen LogP) is 15.8. The van der Waals surface area contributed by atoms with Crippen LogP contribution in [0.15, 0.2) is 233 Å². The number of rotatable bonds is 8. The fourth-order valence-corrected chi connectivity index (χ4v) is 9.29. The summed E-state index contributed by atoms with van der Waals surface area (Å²) in [4.78, 5) is 25.3. The summed E-state index contributed by atoms with van der Waals surface area (Å²) >= 11 is 0. The van der Waals surface area contributed by atoms with Crippen molar-refractivity contribution in [1.29, 1.82) is 0 Å². The van der Waals surface area contributed by atoms with Gasteiger partial charge in [-0.25, -0.2) is 24.9 Å². The lowest BCUT2D eigenvalue weighted by molar-refractivity contribution is 0.667. The van der Waals surface area contributed by atoms with E-state index < -0.39 is 0 Å². The van der Waals surface area contributed by atoms with Crippen LogP contribution in [0.1, 0.15) is 0 Å². The summed E-state index contributed by atoms with van der Waals surface area (Å²) in [5.74, 6) is 2.43. The van der Waals surface area contributed by atoms with Gasteiger partial charge in [-0.05, 0) is 63.7 Å². The predicted molar refractivity (Wildman–Crippen MR) is 273 cm³/mol. The van der Waals surface area contributed by atoms with Crippen LogP contribution in [0.4, 0.5) is 0 Å². The first-order valence-corrected chi connectivity index (χ1v) is 22.6. The van der Waals surface area contributed by atoms with Crippen LogP contribution in [0.3, 0.4) is 0 Å². The van der Waals surface area contributed by atoms with Crippen molar-refractivity contribution in [3.8, 4) is 90.2 Å². The smallest absolute Gasteiger partial charge is 0.180 e. The summed E-state index contributed by atoms with van der Waals surface area (Å²) in [6.07, 6.45) is 0. The van der Waals surface area contributed by atoms with Gasteiger partial charge in [0, 0.05) is 38.6 Å². The van der Waals surface area contributed by atoms with Gasteiger partial charge in [0.25, 0.3) is 0 Å². The molecule has 0 atom stereocenters. The van der Waals surface area contributed by atoms with Gasteiger partial charge in [-0.15, -0.1) is 0 Å². The number of benzene rings is 9. The Hall–Kier alpha value is -9.33. The van der Waals surface area contributed by atoms with E-state index in [9.17, 15) is 0 Å². The minimum atomic E-state index is 0.572. The van der Waals surface area contributed by atoms with Crippen molar-refractivity contribution in [2.75, 3.05) is 0 Å². The first-order valence-electron chi connectivity index (χ1n) is 22.6. The van der Waals surface area contributed by atoms with Crippen LogP contribution >= 0.6 is 0 Å². The van der Waals surface area contributed by atoms with Crippen LogP contribution < -0.4 is 0 Å². The summed E-state index contributed by atoms with van der Waals surface area (Å²) < 4.78 is 13.4. The van der Waals surface area contributed by atoms with Gasteiger partial charge in [0.1, 0.15) is 28.0 Å². The second kappa shape index (κ2) is 16.3. The molecule has 9 aromatic carbocycles. The molecule has 4 aromatic heterocycles. The molecular weight excluding hydrogens is 835 g/mol. The summed E-state index contributed by atoms with van der Waals surface area (Å²) in [5.41, 5.74) is 15.5. The lowest BCUT2D eigenvalue weighted by Crippen LogP contribution is -2.00. The van der Waals surface area contributed by atoms with Crippen LogP contribution in [-0.2, 0) is 0 Å². The number of nitrogens with zero attached hydrogens (tertiary/aromatic N) is 5. The Labute approximate surface area is 390 Å². The molecule has 4 heterocycles. The number of fused-ring (bicyclic) bond motifs is 6. The largest absolute Gasteiger partial charge is 0.456 e. The third-order valence-electron chi connectivity index (χ3n) is 12.6. The van der Waals surface area contributed by atoms with E-state index >= 15 is 0 Å². The maximum Gasteiger partial charge on any atom is 0.180 e. The molecule has 13 aromatic rings. The average molecular weight is 872 g/mol. The van der Waals surface area contributed by atoms with Gasteiger partial charge in [-0.1, -0.05) is 194 Å². The highest BCUT2D eigenvalue weighted by Crippen LogP contribution is 2.43. The fourth-order valence-electron chi connectivity index (χ4n) is 9.29. The first kappa shape index (κ1) is 39.1. The number of hydrogen-bond donors (Lipinski definition) is 0. The molecule has 68 heavy (non-hydrogen) atoms. The zero-order chi connectivity index (χ0) is 45.0. The molecule has 0 radical (unpaired) electrons. The molecule has 0 saturated heterocycles. The molecular formula is C61H37N5O2. The molecule has 0 aliphatic rings. The van der Waals surface area contributed by atoms with E-state index in [1.165, 1.54) is 0 Å². The van der Waals surface area contributed by atoms with Gasteiger partial charge in [0.15, 0.2) is 28.9 Å². The molecule has 0 fully saturated rings.